The van der Waals surface area contributed by atoms with Crippen molar-refractivity contribution in [3.05, 3.63) is 33.2 Å². The van der Waals surface area contributed by atoms with Gasteiger partial charge in [0, 0.05) is 18.2 Å². The topological polar surface area (TPSA) is 62.0 Å². The first-order chi connectivity index (χ1) is 7.66. The van der Waals surface area contributed by atoms with Gasteiger partial charge in [-0.3, -0.25) is 9.59 Å². The van der Waals surface area contributed by atoms with Crippen molar-refractivity contribution >= 4 is 17.5 Å². The zero-order valence-electron chi connectivity index (χ0n) is 8.75. The van der Waals surface area contributed by atoms with Crippen LogP contribution < -0.4 is 10.9 Å². The number of hydrogen-bond donors (Lipinski definition) is 2. The lowest BCUT2D eigenvalue weighted by molar-refractivity contribution is -0.126. The fraction of sp³-hybridized carbons (Fsp3) is 0.455. The summed E-state index contributed by atoms with van der Waals surface area (Å²) in [5.41, 5.74) is 0.465. The van der Waals surface area contributed by atoms with Crippen molar-refractivity contribution in [3.8, 4) is 0 Å². The quantitative estimate of drug-likeness (QED) is 0.813. The fourth-order valence-corrected chi connectivity index (χ4v) is 2.02. The molecule has 1 aromatic rings. The zero-order valence-corrected chi connectivity index (χ0v) is 9.51. The smallest absolute Gasteiger partial charge is 0.266 e. The van der Waals surface area contributed by atoms with Crippen molar-refractivity contribution in [1.29, 1.82) is 0 Å². The van der Waals surface area contributed by atoms with Crippen molar-refractivity contribution in [1.82, 2.24) is 10.3 Å². The molecule has 16 heavy (non-hydrogen) atoms. The maximum Gasteiger partial charge on any atom is 0.266 e. The van der Waals surface area contributed by atoms with E-state index < -0.39 is 0 Å². The second-order valence-electron chi connectivity index (χ2n) is 3.99. The molecule has 2 heterocycles. The average Bonchev–Trinajstić information content (AvgIpc) is 2.27. The third kappa shape index (κ3) is 2.44. The van der Waals surface area contributed by atoms with Gasteiger partial charge in [-0.1, -0.05) is 11.6 Å². The highest BCUT2D eigenvalue weighted by atomic mass is 35.5. The molecule has 0 saturated carbocycles. The summed E-state index contributed by atoms with van der Waals surface area (Å²) in [5, 5.41) is 3.00. The third-order valence-electron chi connectivity index (χ3n) is 2.79. The van der Waals surface area contributed by atoms with E-state index in [0.29, 0.717) is 6.42 Å². The molecule has 1 unspecified atom stereocenters. The van der Waals surface area contributed by atoms with Crippen LogP contribution in [0.3, 0.4) is 0 Å². The van der Waals surface area contributed by atoms with E-state index in [1.54, 1.807) is 12.1 Å². The molecule has 0 radical (unpaired) electrons. The van der Waals surface area contributed by atoms with Crippen LogP contribution in [-0.4, -0.2) is 17.4 Å². The molecule has 0 aliphatic carbocycles. The molecular formula is C11H13ClN2O2. The van der Waals surface area contributed by atoms with Crippen molar-refractivity contribution in [2.24, 2.45) is 5.92 Å². The van der Waals surface area contributed by atoms with Crippen molar-refractivity contribution in [2.75, 3.05) is 6.54 Å². The first-order valence-corrected chi connectivity index (χ1v) is 5.70. The van der Waals surface area contributed by atoms with Crippen LogP contribution in [0, 0.1) is 5.92 Å². The van der Waals surface area contributed by atoms with Crippen molar-refractivity contribution in [3.63, 3.8) is 0 Å². The standard InChI is InChI=1S/C11H13ClN2O2/c12-9-4-3-8(14-11(9)16)6-7-2-1-5-13-10(7)15/h3-4,7H,1-2,5-6H2,(H,13,15)(H,14,16). The summed E-state index contributed by atoms with van der Waals surface area (Å²) in [7, 11) is 0. The molecule has 1 aromatic heterocycles. The number of aromatic amines is 1. The van der Waals surface area contributed by atoms with Crippen LogP contribution in [-0.2, 0) is 11.2 Å². The number of carbonyl (C=O) groups excluding carboxylic acids is 1. The molecule has 2 rings (SSSR count). The van der Waals surface area contributed by atoms with Gasteiger partial charge in [-0.15, -0.1) is 0 Å². The molecule has 1 aliphatic rings. The molecule has 4 nitrogen and oxygen atoms in total. The van der Waals surface area contributed by atoms with E-state index >= 15 is 0 Å². The Labute approximate surface area is 98.0 Å². The maximum absolute atomic E-state index is 11.5. The van der Waals surface area contributed by atoms with E-state index in [-0.39, 0.29) is 22.4 Å². The largest absolute Gasteiger partial charge is 0.356 e. The second kappa shape index (κ2) is 4.70. The van der Waals surface area contributed by atoms with E-state index in [1.807, 2.05) is 0 Å². The highest BCUT2D eigenvalue weighted by molar-refractivity contribution is 6.30. The molecule has 86 valence electrons. The number of rotatable bonds is 2. The Morgan fingerprint density at radius 2 is 2.19 bits per heavy atom. The van der Waals surface area contributed by atoms with E-state index in [2.05, 4.69) is 10.3 Å². The summed E-state index contributed by atoms with van der Waals surface area (Å²) < 4.78 is 0. The van der Waals surface area contributed by atoms with E-state index in [4.69, 9.17) is 11.6 Å². The molecular weight excluding hydrogens is 228 g/mol. The van der Waals surface area contributed by atoms with Crippen molar-refractivity contribution < 1.29 is 4.79 Å². The Hall–Kier alpha value is -1.29. The monoisotopic (exact) mass is 240 g/mol. The fourth-order valence-electron chi connectivity index (χ4n) is 1.91. The van der Waals surface area contributed by atoms with Crippen LogP contribution in [0.5, 0.6) is 0 Å². The van der Waals surface area contributed by atoms with Crippen LogP contribution in [0.25, 0.3) is 0 Å². The van der Waals surface area contributed by atoms with Crippen LogP contribution in [0.4, 0.5) is 0 Å². The SMILES string of the molecule is O=C1NCCCC1Cc1ccc(Cl)c(=O)[nH]1. The normalized spacial score (nSPS) is 20.6. The number of H-pyrrole nitrogens is 1. The summed E-state index contributed by atoms with van der Waals surface area (Å²) in [6, 6.07) is 3.32. The lowest BCUT2D eigenvalue weighted by Crippen LogP contribution is -2.37. The molecule has 0 aromatic carbocycles. The molecule has 0 bridgehead atoms. The number of piperidine rings is 1. The minimum atomic E-state index is -0.296. The van der Waals surface area contributed by atoms with Gasteiger partial charge in [0.05, 0.1) is 0 Å². The molecule has 1 aliphatic heterocycles. The zero-order chi connectivity index (χ0) is 11.5. The van der Waals surface area contributed by atoms with Crippen molar-refractivity contribution in [2.45, 2.75) is 19.3 Å². The minimum absolute atomic E-state index is 0.0365. The first-order valence-electron chi connectivity index (χ1n) is 5.32. The van der Waals surface area contributed by atoms with Crippen LogP contribution in [0.15, 0.2) is 16.9 Å². The van der Waals surface area contributed by atoms with Gasteiger partial charge in [-0.2, -0.15) is 0 Å². The molecule has 1 fully saturated rings. The number of amides is 1. The van der Waals surface area contributed by atoms with Gasteiger partial charge in [0.1, 0.15) is 5.02 Å². The van der Waals surface area contributed by atoms with Gasteiger partial charge in [0.25, 0.3) is 5.56 Å². The van der Waals surface area contributed by atoms with Crippen LogP contribution in [0.2, 0.25) is 5.02 Å². The molecule has 5 heteroatoms. The second-order valence-corrected chi connectivity index (χ2v) is 4.40. The predicted octanol–water partition coefficient (Wildman–Crippen LogP) is 1.10. The Balaban J connectivity index is 2.11. The lowest BCUT2D eigenvalue weighted by atomic mass is 9.93. The summed E-state index contributed by atoms with van der Waals surface area (Å²) >= 11 is 5.63. The summed E-state index contributed by atoms with van der Waals surface area (Å²) in [6.07, 6.45) is 2.43. The number of aromatic nitrogens is 1. The van der Waals surface area contributed by atoms with Gasteiger partial charge in [0.15, 0.2) is 0 Å². The van der Waals surface area contributed by atoms with E-state index in [9.17, 15) is 9.59 Å². The number of nitrogens with one attached hydrogen (secondary N) is 2. The Morgan fingerprint density at radius 1 is 1.38 bits per heavy atom. The van der Waals surface area contributed by atoms with Gasteiger partial charge >= 0.3 is 0 Å². The Kier molecular flexibility index (Phi) is 3.29. The predicted molar refractivity (Wildman–Crippen MR) is 61.5 cm³/mol. The summed E-state index contributed by atoms with van der Waals surface area (Å²) in [4.78, 5) is 25.5. The average molecular weight is 241 g/mol. The Bertz CT molecular complexity index is 456. The lowest BCUT2D eigenvalue weighted by Gasteiger charge is -2.21. The molecule has 1 amide bonds. The first kappa shape index (κ1) is 11.2. The highest BCUT2D eigenvalue weighted by Gasteiger charge is 2.22. The van der Waals surface area contributed by atoms with Gasteiger partial charge in [0.2, 0.25) is 5.91 Å². The molecule has 1 saturated heterocycles. The van der Waals surface area contributed by atoms with Gasteiger partial charge in [-0.05, 0) is 31.4 Å². The molecule has 0 spiro atoms. The maximum atomic E-state index is 11.5. The van der Waals surface area contributed by atoms with E-state index in [1.165, 1.54) is 0 Å². The number of pyridine rings is 1. The van der Waals surface area contributed by atoms with E-state index in [0.717, 1.165) is 25.1 Å². The minimum Gasteiger partial charge on any atom is -0.356 e. The molecule has 2 N–H and O–H groups in total. The van der Waals surface area contributed by atoms with Gasteiger partial charge < -0.3 is 10.3 Å². The molecule has 1 atom stereocenters. The number of hydrogen-bond acceptors (Lipinski definition) is 2. The number of carbonyl (C=O) groups is 1. The Morgan fingerprint density at radius 3 is 2.88 bits per heavy atom. The number of halogens is 1. The summed E-state index contributed by atoms with van der Waals surface area (Å²) in [5.74, 6) is 0.0348. The van der Waals surface area contributed by atoms with Crippen LogP contribution in [0.1, 0.15) is 18.5 Å². The van der Waals surface area contributed by atoms with Crippen LogP contribution >= 0.6 is 11.6 Å². The highest BCUT2D eigenvalue weighted by Crippen LogP contribution is 2.16. The third-order valence-corrected chi connectivity index (χ3v) is 3.09. The summed E-state index contributed by atoms with van der Waals surface area (Å²) in [6.45, 7) is 0.756. The van der Waals surface area contributed by atoms with Gasteiger partial charge in [-0.25, -0.2) is 0 Å².